The molecule has 3 aromatic rings. The highest BCUT2D eigenvalue weighted by atomic mass is 32.2. The van der Waals surface area contributed by atoms with E-state index in [1.54, 1.807) is 47.4 Å². The molecule has 4 rings (SSSR count). The second-order valence-electron chi connectivity index (χ2n) is 8.90. The zero-order valence-corrected chi connectivity index (χ0v) is 21.5. The molecule has 1 N–H and O–H groups in total. The maximum absolute atomic E-state index is 13.5. The summed E-state index contributed by atoms with van der Waals surface area (Å²) in [5, 5.41) is 14.0. The Labute approximate surface area is 221 Å². The first kappa shape index (κ1) is 26.8. The van der Waals surface area contributed by atoms with Gasteiger partial charge < -0.3 is 10.2 Å². The fraction of sp³-hybridized carbons (Fsp3) is 0.259. The summed E-state index contributed by atoms with van der Waals surface area (Å²) < 4.78 is 27.9. The van der Waals surface area contributed by atoms with Crippen LogP contribution in [0.2, 0.25) is 0 Å². The minimum absolute atomic E-state index is 0.0351. The molecule has 11 heteroatoms. The van der Waals surface area contributed by atoms with Crippen molar-refractivity contribution in [3.05, 3.63) is 94.5 Å². The van der Waals surface area contributed by atoms with Crippen LogP contribution in [0.25, 0.3) is 0 Å². The molecule has 0 spiro atoms. The summed E-state index contributed by atoms with van der Waals surface area (Å²) in [5.41, 5.74) is 0.232. The molecule has 0 atom stereocenters. The van der Waals surface area contributed by atoms with Gasteiger partial charge in [0.15, 0.2) is 0 Å². The zero-order valence-electron chi connectivity index (χ0n) is 20.7. The number of nitro benzene ring substituents is 1. The van der Waals surface area contributed by atoms with E-state index in [-0.39, 0.29) is 27.9 Å². The predicted octanol–water partition coefficient (Wildman–Crippen LogP) is 4.45. The van der Waals surface area contributed by atoms with Gasteiger partial charge in [-0.1, -0.05) is 49.2 Å². The Hall–Kier alpha value is -4.25. The number of nitrogens with zero attached hydrogens (tertiary/aromatic N) is 3. The van der Waals surface area contributed by atoms with E-state index in [0.717, 1.165) is 36.1 Å². The van der Waals surface area contributed by atoms with E-state index >= 15 is 0 Å². The van der Waals surface area contributed by atoms with Crippen molar-refractivity contribution in [3.8, 4) is 0 Å². The summed E-state index contributed by atoms with van der Waals surface area (Å²) in [6, 6.07) is 19.2. The van der Waals surface area contributed by atoms with Crippen LogP contribution in [-0.4, -0.2) is 49.7 Å². The van der Waals surface area contributed by atoms with E-state index < -0.39 is 27.4 Å². The molecule has 1 aliphatic rings. The highest BCUT2D eigenvalue weighted by molar-refractivity contribution is 7.92. The van der Waals surface area contributed by atoms with Crippen LogP contribution in [0.5, 0.6) is 0 Å². The smallest absolute Gasteiger partial charge is 0.271 e. The fourth-order valence-electron chi connectivity index (χ4n) is 4.34. The number of nitrogens with one attached hydrogen (secondary N) is 1. The van der Waals surface area contributed by atoms with E-state index in [1.165, 1.54) is 30.3 Å². The third-order valence-corrected chi connectivity index (χ3v) is 8.06. The summed E-state index contributed by atoms with van der Waals surface area (Å²) in [6.07, 6.45) is 3.95. The zero-order chi connectivity index (χ0) is 27.1. The molecular weight excluding hydrogens is 508 g/mol. The number of hydrogen-bond acceptors (Lipinski definition) is 6. The lowest BCUT2D eigenvalue weighted by Gasteiger charge is -2.25. The molecule has 0 unspecified atom stereocenters. The van der Waals surface area contributed by atoms with Gasteiger partial charge in [-0.05, 0) is 43.2 Å². The number of hydrogen-bond donors (Lipinski definition) is 1. The number of non-ortho nitro benzene ring substituents is 1. The number of nitro groups is 1. The van der Waals surface area contributed by atoms with Crippen LogP contribution in [0, 0.1) is 10.1 Å². The molecule has 1 saturated heterocycles. The van der Waals surface area contributed by atoms with Gasteiger partial charge >= 0.3 is 0 Å². The van der Waals surface area contributed by atoms with Gasteiger partial charge in [-0.15, -0.1) is 0 Å². The number of carbonyl (C=O) groups is 2. The van der Waals surface area contributed by atoms with E-state index in [1.807, 2.05) is 0 Å². The number of carbonyl (C=O) groups excluding carboxylic acids is 2. The number of para-hydroxylation sites is 1. The molecule has 1 heterocycles. The fourth-order valence-corrected chi connectivity index (χ4v) is 5.77. The molecule has 198 valence electrons. The van der Waals surface area contributed by atoms with E-state index in [0.29, 0.717) is 18.7 Å². The van der Waals surface area contributed by atoms with Gasteiger partial charge in [0.05, 0.1) is 26.8 Å². The van der Waals surface area contributed by atoms with Crippen molar-refractivity contribution in [2.24, 2.45) is 0 Å². The molecule has 10 nitrogen and oxygen atoms in total. The van der Waals surface area contributed by atoms with Gasteiger partial charge in [-0.25, -0.2) is 8.42 Å². The molecule has 38 heavy (non-hydrogen) atoms. The second-order valence-corrected chi connectivity index (χ2v) is 10.8. The standard InChI is InChI=1S/C27H28N4O6S/c32-26(28-25-16-7-6-15-24(25)27(33)29-17-8-1-2-9-18-29)20-30(21-11-10-12-22(19-21)31(34)35)38(36,37)23-13-4-3-5-14-23/h3-7,10-16,19H,1-2,8-9,17-18,20H2,(H,28,32). The van der Waals surface area contributed by atoms with Crippen LogP contribution in [0.3, 0.4) is 0 Å². The van der Waals surface area contributed by atoms with Gasteiger partial charge in [-0.2, -0.15) is 0 Å². The molecule has 0 saturated carbocycles. The highest BCUT2D eigenvalue weighted by Crippen LogP contribution is 2.27. The quantitative estimate of drug-likeness (QED) is 0.335. The first-order valence-corrected chi connectivity index (χ1v) is 13.7. The predicted molar refractivity (Wildman–Crippen MR) is 144 cm³/mol. The average molecular weight is 537 g/mol. The van der Waals surface area contributed by atoms with Gasteiger partial charge in [0.2, 0.25) is 5.91 Å². The Balaban J connectivity index is 1.63. The number of sulfonamides is 1. The molecule has 2 amide bonds. The highest BCUT2D eigenvalue weighted by Gasteiger charge is 2.29. The second kappa shape index (κ2) is 11.9. The molecular formula is C27H28N4O6S. The Kier molecular flexibility index (Phi) is 8.37. The van der Waals surface area contributed by atoms with Crippen LogP contribution in [0.15, 0.2) is 83.8 Å². The maximum atomic E-state index is 13.5. The summed E-state index contributed by atoms with van der Waals surface area (Å²) in [4.78, 5) is 38.9. The van der Waals surface area contributed by atoms with Gasteiger partial charge in [-0.3, -0.25) is 24.0 Å². The van der Waals surface area contributed by atoms with E-state index in [4.69, 9.17) is 0 Å². The number of anilines is 2. The third-order valence-electron chi connectivity index (χ3n) is 6.27. The first-order valence-electron chi connectivity index (χ1n) is 12.3. The SMILES string of the molecule is O=C(CN(c1cccc([N+](=O)[O-])c1)S(=O)(=O)c1ccccc1)Nc1ccccc1C(=O)N1CCCCCC1. The lowest BCUT2D eigenvalue weighted by atomic mass is 10.1. The average Bonchev–Trinajstić information content (AvgIpc) is 3.22. The molecule has 3 aromatic carbocycles. The number of likely N-dealkylation sites (tertiary alicyclic amines) is 1. The molecule has 1 aliphatic heterocycles. The van der Waals surface area contributed by atoms with Crippen molar-refractivity contribution in [1.82, 2.24) is 4.90 Å². The van der Waals surface area contributed by atoms with Gasteiger partial charge in [0, 0.05) is 25.2 Å². The van der Waals surface area contributed by atoms with Crippen LogP contribution >= 0.6 is 0 Å². The largest absolute Gasteiger partial charge is 0.339 e. The number of amides is 2. The van der Waals surface area contributed by atoms with Crippen LogP contribution in [0.1, 0.15) is 36.0 Å². The minimum Gasteiger partial charge on any atom is -0.339 e. The van der Waals surface area contributed by atoms with Gasteiger partial charge in [0.1, 0.15) is 6.54 Å². The van der Waals surface area contributed by atoms with E-state index in [9.17, 15) is 28.1 Å². The Bertz CT molecular complexity index is 1420. The van der Waals surface area contributed by atoms with Crippen LogP contribution in [0.4, 0.5) is 17.1 Å². The van der Waals surface area contributed by atoms with Crippen molar-refractivity contribution in [2.45, 2.75) is 30.6 Å². The number of benzene rings is 3. The molecule has 0 aliphatic carbocycles. The molecule has 0 aromatic heterocycles. The van der Waals surface area contributed by atoms with E-state index in [2.05, 4.69) is 5.32 Å². The molecule has 1 fully saturated rings. The summed E-state index contributed by atoms with van der Waals surface area (Å²) >= 11 is 0. The van der Waals surface area contributed by atoms with Crippen molar-refractivity contribution < 1.29 is 22.9 Å². The van der Waals surface area contributed by atoms with Crippen molar-refractivity contribution in [1.29, 1.82) is 0 Å². The van der Waals surface area contributed by atoms with Crippen molar-refractivity contribution in [3.63, 3.8) is 0 Å². The summed E-state index contributed by atoms with van der Waals surface area (Å²) in [6.45, 7) is 0.610. The third kappa shape index (κ3) is 6.17. The normalized spacial score (nSPS) is 13.8. The lowest BCUT2D eigenvalue weighted by molar-refractivity contribution is -0.384. The molecule has 0 radical (unpaired) electrons. The summed E-state index contributed by atoms with van der Waals surface area (Å²) in [5.74, 6) is -0.901. The lowest BCUT2D eigenvalue weighted by Crippen LogP contribution is -2.38. The molecule has 0 bridgehead atoms. The summed E-state index contributed by atoms with van der Waals surface area (Å²) in [7, 11) is -4.26. The van der Waals surface area contributed by atoms with Crippen LogP contribution < -0.4 is 9.62 Å². The monoisotopic (exact) mass is 536 g/mol. The van der Waals surface area contributed by atoms with Crippen LogP contribution in [-0.2, 0) is 14.8 Å². The maximum Gasteiger partial charge on any atom is 0.271 e. The topological polar surface area (TPSA) is 130 Å². The Morgan fingerprint density at radius 3 is 2.24 bits per heavy atom. The Morgan fingerprint density at radius 2 is 1.55 bits per heavy atom. The number of rotatable bonds is 8. The van der Waals surface area contributed by atoms with Crippen molar-refractivity contribution in [2.75, 3.05) is 29.3 Å². The first-order chi connectivity index (χ1) is 18.3. The minimum atomic E-state index is -4.26. The van der Waals surface area contributed by atoms with Gasteiger partial charge in [0.25, 0.3) is 21.6 Å². The van der Waals surface area contributed by atoms with Crippen molar-refractivity contribution >= 4 is 38.9 Å². The Morgan fingerprint density at radius 1 is 0.895 bits per heavy atom.